The monoisotopic (exact) mass is 435 g/mol. The van der Waals surface area contributed by atoms with Crippen LogP contribution in [0.1, 0.15) is 24.0 Å². The summed E-state index contributed by atoms with van der Waals surface area (Å²) in [6, 6.07) is 8.46. The Hall–Kier alpha value is -0.470. The highest BCUT2D eigenvalue weighted by Gasteiger charge is 2.15. The zero-order valence-corrected chi connectivity index (χ0v) is 16.4. The third-order valence-corrected chi connectivity index (χ3v) is 4.94. The van der Waals surface area contributed by atoms with E-state index in [0.29, 0.717) is 6.61 Å². The van der Waals surface area contributed by atoms with Gasteiger partial charge in [-0.05, 0) is 29.7 Å². The molecule has 1 heterocycles. The summed E-state index contributed by atoms with van der Waals surface area (Å²) in [5, 5.41) is 7.50. The lowest BCUT2D eigenvalue weighted by Crippen LogP contribution is -2.39. The summed E-state index contributed by atoms with van der Waals surface area (Å²) in [5.41, 5.74) is 2.44. The van der Waals surface area contributed by atoms with Gasteiger partial charge in [0.2, 0.25) is 0 Å². The second-order valence-electron chi connectivity index (χ2n) is 5.19. The molecule has 0 amide bonds. The van der Waals surface area contributed by atoms with Crippen LogP contribution in [0.15, 0.2) is 29.3 Å². The fraction of sp³-hybridized carbons (Fsp3) is 0.562. The summed E-state index contributed by atoms with van der Waals surface area (Å²) < 4.78 is 5.12. The Morgan fingerprint density at radius 1 is 1.27 bits per heavy atom. The van der Waals surface area contributed by atoms with Gasteiger partial charge in [-0.3, -0.25) is 4.99 Å². The van der Waals surface area contributed by atoms with Crippen molar-refractivity contribution in [2.45, 2.75) is 31.2 Å². The molecule has 1 unspecified atom stereocenters. The lowest BCUT2D eigenvalue weighted by atomic mass is 10.1. The van der Waals surface area contributed by atoms with E-state index in [-0.39, 0.29) is 24.0 Å². The van der Waals surface area contributed by atoms with Crippen LogP contribution >= 0.6 is 35.7 Å². The van der Waals surface area contributed by atoms with Gasteiger partial charge >= 0.3 is 0 Å². The van der Waals surface area contributed by atoms with Crippen molar-refractivity contribution in [2.24, 2.45) is 4.99 Å². The van der Waals surface area contributed by atoms with E-state index in [1.807, 2.05) is 7.05 Å². The first-order chi connectivity index (χ1) is 10.3. The van der Waals surface area contributed by atoms with Crippen molar-refractivity contribution >= 4 is 41.7 Å². The van der Waals surface area contributed by atoms with E-state index in [4.69, 9.17) is 4.74 Å². The molecule has 1 aromatic rings. The molecule has 0 aromatic heterocycles. The fourth-order valence-electron chi connectivity index (χ4n) is 2.34. The average Bonchev–Trinajstić information content (AvgIpc) is 3.03. The maximum Gasteiger partial charge on any atom is 0.191 e. The van der Waals surface area contributed by atoms with Crippen LogP contribution in [0.4, 0.5) is 0 Å². The van der Waals surface area contributed by atoms with Crippen LogP contribution in [0.3, 0.4) is 0 Å². The van der Waals surface area contributed by atoms with Gasteiger partial charge in [-0.2, -0.15) is 11.8 Å². The van der Waals surface area contributed by atoms with Crippen molar-refractivity contribution in [3.05, 3.63) is 35.4 Å². The van der Waals surface area contributed by atoms with Crippen LogP contribution in [-0.2, 0) is 17.9 Å². The number of halogens is 1. The summed E-state index contributed by atoms with van der Waals surface area (Å²) >= 11 is 2.06. The third kappa shape index (κ3) is 6.75. The number of aliphatic imine (C=N–C) groups is 1. The summed E-state index contributed by atoms with van der Waals surface area (Å²) in [7, 11) is 3.53. The molecule has 2 rings (SSSR count). The van der Waals surface area contributed by atoms with Gasteiger partial charge in [0.25, 0.3) is 0 Å². The Balaban J connectivity index is 0.00000242. The van der Waals surface area contributed by atoms with Crippen molar-refractivity contribution in [1.82, 2.24) is 10.6 Å². The molecule has 22 heavy (non-hydrogen) atoms. The SMILES string of the molecule is CN=C(NCc1ccc(COC)cc1)NCC1CCCS1.I. The summed E-state index contributed by atoms with van der Waals surface area (Å²) in [4.78, 5) is 4.28. The van der Waals surface area contributed by atoms with Crippen LogP contribution in [0.2, 0.25) is 0 Å². The highest BCUT2D eigenvalue weighted by Crippen LogP contribution is 2.25. The molecule has 0 saturated carbocycles. The van der Waals surface area contributed by atoms with Gasteiger partial charge in [0, 0.05) is 32.5 Å². The number of nitrogens with one attached hydrogen (secondary N) is 2. The van der Waals surface area contributed by atoms with E-state index in [0.717, 1.165) is 24.3 Å². The molecule has 0 aliphatic carbocycles. The zero-order chi connectivity index (χ0) is 14.9. The van der Waals surface area contributed by atoms with Crippen LogP contribution < -0.4 is 10.6 Å². The van der Waals surface area contributed by atoms with E-state index in [9.17, 15) is 0 Å². The van der Waals surface area contributed by atoms with E-state index in [1.165, 1.54) is 29.7 Å². The highest BCUT2D eigenvalue weighted by molar-refractivity contribution is 14.0. The van der Waals surface area contributed by atoms with Crippen LogP contribution in [0, 0.1) is 0 Å². The number of hydrogen-bond donors (Lipinski definition) is 2. The van der Waals surface area contributed by atoms with E-state index in [2.05, 4.69) is 51.7 Å². The molecule has 1 saturated heterocycles. The molecule has 4 nitrogen and oxygen atoms in total. The molecule has 1 fully saturated rings. The predicted molar refractivity (Wildman–Crippen MR) is 106 cm³/mol. The first-order valence-corrected chi connectivity index (χ1v) is 8.49. The second-order valence-corrected chi connectivity index (χ2v) is 6.60. The van der Waals surface area contributed by atoms with E-state index in [1.54, 1.807) is 7.11 Å². The average molecular weight is 435 g/mol. The first kappa shape index (κ1) is 19.6. The van der Waals surface area contributed by atoms with Gasteiger partial charge in [0.05, 0.1) is 6.61 Å². The molecule has 0 spiro atoms. The van der Waals surface area contributed by atoms with Crippen molar-refractivity contribution in [1.29, 1.82) is 0 Å². The Morgan fingerprint density at radius 2 is 2.00 bits per heavy atom. The van der Waals surface area contributed by atoms with Gasteiger partial charge in [-0.15, -0.1) is 24.0 Å². The molecule has 2 N–H and O–H groups in total. The molecule has 0 bridgehead atoms. The number of ether oxygens (including phenoxy) is 1. The van der Waals surface area contributed by atoms with E-state index >= 15 is 0 Å². The molecule has 1 aromatic carbocycles. The molecule has 124 valence electrons. The van der Waals surface area contributed by atoms with Gasteiger partial charge in [0.15, 0.2) is 5.96 Å². The maximum absolute atomic E-state index is 5.12. The molecule has 6 heteroatoms. The van der Waals surface area contributed by atoms with Crippen molar-refractivity contribution in [2.75, 3.05) is 26.5 Å². The molecule has 0 radical (unpaired) electrons. The number of benzene rings is 1. The second kappa shape index (κ2) is 11.1. The number of rotatable bonds is 6. The Morgan fingerprint density at radius 3 is 2.59 bits per heavy atom. The van der Waals surface area contributed by atoms with Gasteiger partial charge in [-0.1, -0.05) is 24.3 Å². The summed E-state index contributed by atoms with van der Waals surface area (Å²) in [6.45, 7) is 2.44. The van der Waals surface area contributed by atoms with Crippen LogP contribution in [0.25, 0.3) is 0 Å². The summed E-state index contributed by atoms with van der Waals surface area (Å²) in [5.74, 6) is 2.18. The van der Waals surface area contributed by atoms with Gasteiger partial charge in [-0.25, -0.2) is 0 Å². The maximum atomic E-state index is 5.12. The smallest absolute Gasteiger partial charge is 0.191 e. The zero-order valence-electron chi connectivity index (χ0n) is 13.3. The van der Waals surface area contributed by atoms with Crippen LogP contribution in [-0.4, -0.2) is 37.7 Å². The van der Waals surface area contributed by atoms with E-state index < -0.39 is 0 Å². The van der Waals surface area contributed by atoms with Crippen molar-refractivity contribution in [3.8, 4) is 0 Å². The number of hydrogen-bond acceptors (Lipinski definition) is 3. The molecular weight excluding hydrogens is 409 g/mol. The molecule has 1 aliphatic heterocycles. The fourth-order valence-corrected chi connectivity index (χ4v) is 3.54. The van der Waals surface area contributed by atoms with Crippen molar-refractivity contribution in [3.63, 3.8) is 0 Å². The topological polar surface area (TPSA) is 45.7 Å². The number of methoxy groups -OCH3 is 1. The number of guanidine groups is 1. The lowest BCUT2D eigenvalue weighted by molar-refractivity contribution is 0.185. The minimum atomic E-state index is 0. The van der Waals surface area contributed by atoms with Gasteiger partial charge < -0.3 is 15.4 Å². The number of nitrogens with zero attached hydrogens (tertiary/aromatic N) is 1. The lowest BCUT2D eigenvalue weighted by Gasteiger charge is -2.15. The highest BCUT2D eigenvalue weighted by atomic mass is 127. The molecule has 1 aliphatic rings. The molecule has 1 atom stereocenters. The summed E-state index contributed by atoms with van der Waals surface area (Å²) in [6.07, 6.45) is 2.66. The third-order valence-electron chi connectivity index (χ3n) is 3.54. The normalized spacial score (nSPS) is 17.9. The first-order valence-electron chi connectivity index (χ1n) is 7.44. The Labute approximate surface area is 154 Å². The predicted octanol–water partition coefficient (Wildman–Crippen LogP) is 3.01. The Bertz CT molecular complexity index is 447. The van der Waals surface area contributed by atoms with Crippen LogP contribution in [0.5, 0.6) is 0 Å². The largest absolute Gasteiger partial charge is 0.380 e. The quantitative estimate of drug-likeness (QED) is 0.410. The van der Waals surface area contributed by atoms with Gasteiger partial charge in [0.1, 0.15) is 0 Å². The Kier molecular flexibility index (Phi) is 9.90. The minimum Gasteiger partial charge on any atom is -0.380 e. The number of thioether (sulfide) groups is 1. The van der Waals surface area contributed by atoms with Crippen molar-refractivity contribution < 1.29 is 4.74 Å². The standard InChI is InChI=1S/C16H25N3OS.HI/c1-17-16(19-11-15-4-3-9-21-15)18-10-13-5-7-14(8-6-13)12-20-2;/h5-8,15H,3-4,9-12H2,1-2H3,(H2,17,18,19);1H. The molecular formula is C16H26IN3OS. The minimum absolute atomic E-state index is 0.